The lowest BCUT2D eigenvalue weighted by atomic mass is 10.2. The van der Waals surface area contributed by atoms with Crippen molar-refractivity contribution in [1.82, 2.24) is 5.32 Å². The Morgan fingerprint density at radius 3 is 2.44 bits per heavy atom. The van der Waals surface area contributed by atoms with Crippen LogP contribution in [0.5, 0.6) is 0 Å². The van der Waals surface area contributed by atoms with Crippen molar-refractivity contribution in [3.63, 3.8) is 0 Å². The number of nitrogens with one attached hydrogen (secondary N) is 1. The molecule has 5 nitrogen and oxygen atoms in total. The predicted octanol–water partition coefficient (Wildman–Crippen LogP) is 1.65. The highest BCUT2D eigenvalue weighted by atomic mass is 16.4. The molecule has 0 unspecified atom stereocenters. The number of amides is 1. The summed E-state index contributed by atoms with van der Waals surface area (Å²) in [7, 11) is 0. The molecule has 1 aliphatic carbocycles. The van der Waals surface area contributed by atoms with Crippen molar-refractivity contribution in [3.05, 3.63) is 23.7 Å². The van der Waals surface area contributed by atoms with Crippen LogP contribution in [-0.2, 0) is 0 Å². The minimum atomic E-state index is -1.17. The molecular formula is C11H13NO4. The third kappa shape index (κ3) is 2.24. The second kappa shape index (κ2) is 4.38. The summed E-state index contributed by atoms with van der Waals surface area (Å²) in [4.78, 5) is 22.2. The van der Waals surface area contributed by atoms with Crippen molar-refractivity contribution in [2.45, 2.75) is 31.7 Å². The number of aromatic carboxylic acids is 1. The average molecular weight is 223 g/mol. The highest BCUT2D eigenvalue weighted by molar-refractivity contribution is 5.93. The number of carboxylic acids is 1. The Hall–Kier alpha value is -1.78. The van der Waals surface area contributed by atoms with Crippen molar-refractivity contribution in [1.29, 1.82) is 0 Å². The summed E-state index contributed by atoms with van der Waals surface area (Å²) >= 11 is 0. The molecular weight excluding hydrogens is 210 g/mol. The van der Waals surface area contributed by atoms with Crippen LogP contribution in [0.25, 0.3) is 0 Å². The van der Waals surface area contributed by atoms with E-state index < -0.39 is 5.97 Å². The molecule has 1 fully saturated rings. The van der Waals surface area contributed by atoms with Gasteiger partial charge < -0.3 is 14.8 Å². The van der Waals surface area contributed by atoms with Gasteiger partial charge >= 0.3 is 5.97 Å². The van der Waals surface area contributed by atoms with E-state index in [2.05, 4.69) is 5.32 Å². The smallest absolute Gasteiger partial charge is 0.371 e. The predicted molar refractivity (Wildman–Crippen MR) is 55.4 cm³/mol. The lowest BCUT2D eigenvalue weighted by molar-refractivity contribution is 0.0659. The number of rotatable bonds is 3. The van der Waals surface area contributed by atoms with E-state index in [9.17, 15) is 9.59 Å². The number of carbonyl (C=O) groups is 2. The van der Waals surface area contributed by atoms with Gasteiger partial charge in [0.1, 0.15) is 0 Å². The van der Waals surface area contributed by atoms with Crippen molar-refractivity contribution < 1.29 is 19.1 Å². The summed E-state index contributed by atoms with van der Waals surface area (Å²) in [6.07, 6.45) is 4.23. The topological polar surface area (TPSA) is 79.5 Å². The summed E-state index contributed by atoms with van der Waals surface area (Å²) in [5.74, 6) is -1.65. The summed E-state index contributed by atoms with van der Waals surface area (Å²) in [6.45, 7) is 0. The van der Waals surface area contributed by atoms with Gasteiger partial charge in [-0.1, -0.05) is 12.8 Å². The molecule has 0 aromatic carbocycles. The first-order valence-electron chi connectivity index (χ1n) is 5.31. The van der Waals surface area contributed by atoms with Crippen molar-refractivity contribution in [3.8, 4) is 0 Å². The van der Waals surface area contributed by atoms with Gasteiger partial charge in [-0.15, -0.1) is 0 Å². The fourth-order valence-electron chi connectivity index (χ4n) is 1.90. The van der Waals surface area contributed by atoms with Gasteiger partial charge in [-0.25, -0.2) is 4.79 Å². The molecule has 1 heterocycles. The molecule has 0 aliphatic heterocycles. The molecule has 16 heavy (non-hydrogen) atoms. The number of hydrogen-bond donors (Lipinski definition) is 2. The molecule has 1 aromatic heterocycles. The zero-order valence-electron chi connectivity index (χ0n) is 8.73. The van der Waals surface area contributed by atoms with E-state index in [1.54, 1.807) is 0 Å². The van der Waals surface area contributed by atoms with Crippen LogP contribution in [0.2, 0.25) is 0 Å². The minimum absolute atomic E-state index is 0.0595. The number of carbonyl (C=O) groups excluding carboxylic acids is 1. The summed E-state index contributed by atoms with van der Waals surface area (Å²) in [5, 5.41) is 11.5. The molecule has 1 aliphatic rings. The van der Waals surface area contributed by atoms with Crippen molar-refractivity contribution in [2.75, 3.05) is 0 Å². The van der Waals surface area contributed by atoms with E-state index in [1.165, 1.54) is 12.1 Å². The maximum absolute atomic E-state index is 11.6. The Balaban J connectivity index is 1.99. The van der Waals surface area contributed by atoms with Crippen LogP contribution in [0.4, 0.5) is 0 Å². The molecule has 1 saturated carbocycles. The lowest BCUT2D eigenvalue weighted by Crippen LogP contribution is -2.32. The van der Waals surface area contributed by atoms with E-state index in [0.29, 0.717) is 0 Å². The van der Waals surface area contributed by atoms with Crippen LogP contribution in [0.3, 0.4) is 0 Å². The van der Waals surface area contributed by atoms with Crippen LogP contribution in [0.15, 0.2) is 16.5 Å². The molecule has 0 spiro atoms. The molecule has 0 atom stereocenters. The van der Waals surface area contributed by atoms with Crippen LogP contribution in [-0.4, -0.2) is 23.0 Å². The SMILES string of the molecule is O=C(O)c1ccc(C(=O)NC2CCCC2)o1. The Morgan fingerprint density at radius 1 is 1.25 bits per heavy atom. The molecule has 0 radical (unpaired) electrons. The van der Waals surface area contributed by atoms with Crippen molar-refractivity contribution >= 4 is 11.9 Å². The van der Waals surface area contributed by atoms with E-state index in [-0.39, 0.29) is 23.5 Å². The Kier molecular flexibility index (Phi) is 2.94. The molecule has 2 N–H and O–H groups in total. The van der Waals surface area contributed by atoms with E-state index >= 15 is 0 Å². The Morgan fingerprint density at radius 2 is 1.88 bits per heavy atom. The van der Waals surface area contributed by atoms with E-state index in [0.717, 1.165) is 25.7 Å². The van der Waals surface area contributed by atoms with Crippen LogP contribution in [0, 0.1) is 0 Å². The van der Waals surface area contributed by atoms with Gasteiger partial charge in [0, 0.05) is 6.04 Å². The minimum Gasteiger partial charge on any atom is -0.475 e. The fraction of sp³-hybridized carbons (Fsp3) is 0.455. The van der Waals surface area contributed by atoms with E-state index in [4.69, 9.17) is 9.52 Å². The fourth-order valence-corrected chi connectivity index (χ4v) is 1.90. The highest BCUT2D eigenvalue weighted by Gasteiger charge is 2.20. The van der Waals surface area contributed by atoms with Gasteiger partial charge in [0.25, 0.3) is 5.91 Å². The second-order valence-corrected chi connectivity index (χ2v) is 3.92. The van der Waals surface area contributed by atoms with Gasteiger partial charge in [-0.3, -0.25) is 4.79 Å². The molecule has 1 amide bonds. The first-order valence-corrected chi connectivity index (χ1v) is 5.31. The summed E-state index contributed by atoms with van der Waals surface area (Å²) < 4.78 is 4.91. The summed E-state index contributed by atoms with van der Waals surface area (Å²) in [5.41, 5.74) is 0. The largest absolute Gasteiger partial charge is 0.475 e. The lowest BCUT2D eigenvalue weighted by Gasteiger charge is -2.09. The molecule has 2 rings (SSSR count). The van der Waals surface area contributed by atoms with Crippen LogP contribution < -0.4 is 5.32 Å². The van der Waals surface area contributed by atoms with E-state index in [1.807, 2.05) is 0 Å². The first-order chi connectivity index (χ1) is 7.66. The zero-order chi connectivity index (χ0) is 11.5. The molecule has 1 aromatic rings. The standard InChI is InChI=1S/C11H13NO4/c13-10(12-7-3-1-2-4-7)8-5-6-9(16-8)11(14)15/h5-7H,1-4H2,(H,12,13)(H,14,15). The Bertz CT molecular complexity index is 404. The molecule has 0 bridgehead atoms. The number of hydrogen-bond acceptors (Lipinski definition) is 3. The first kappa shape index (κ1) is 10.7. The van der Waals surface area contributed by atoms with Gasteiger partial charge in [0.2, 0.25) is 5.76 Å². The third-order valence-corrected chi connectivity index (χ3v) is 2.73. The quantitative estimate of drug-likeness (QED) is 0.816. The average Bonchev–Trinajstić information content (AvgIpc) is 2.86. The zero-order valence-corrected chi connectivity index (χ0v) is 8.73. The van der Waals surface area contributed by atoms with Crippen LogP contribution >= 0.6 is 0 Å². The van der Waals surface area contributed by atoms with Gasteiger partial charge in [-0.05, 0) is 25.0 Å². The van der Waals surface area contributed by atoms with Gasteiger partial charge in [-0.2, -0.15) is 0 Å². The summed E-state index contributed by atoms with van der Waals surface area (Å²) in [6, 6.07) is 2.87. The van der Waals surface area contributed by atoms with Gasteiger partial charge in [0.15, 0.2) is 5.76 Å². The van der Waals surface area contributed by atoms with Gasteiger partial charge in [0.05, 0.1) is 0 Å². The highest BCUT2D eigenvalue weighted by Crippen LogP contribution is 2.18. The maximum atomic E-state index is 11.6. The normalized spacial score (nSPS) is 16.2. The number of carboxylic acid groups (broad SMARTS) is 1. The third-order valence-electron chi connectivity index (χ3n) is 2.73. The maximum Gasteiger partial charge on any atom is 0.371 e. The monoisotopic (exact) mass is 223 g/mol. The van der Waals surface area contributed by atoms with Crippen molar-refractivity contribution in [2.24, 2.45) is 0 Å². The molecule has 0 saturated heterocycles. The second-order valence-electron chi connectivity index (χ2n) is 3.92. The van der Waals surface area contributed by atoms with Crippen LogP contribution in [0.1, 0.15) is 46.8 Å². The molecule has 5 heteroatoms. The molecule has 86 valence electrons. The Labute approximate surface area is 92.4 Å². The number of furan rings is 1.